The third kappa shape index (κ3) is 5.03. The molecule has 0 bridgehead atoms. The van der Waals surface area contributed by atoms with Gasteiger partial charge in [-0.1, -0.05) is 51.1 Å². The molecule has 0 aliphatic rings. The lowest BCUT2D eigenvalue weighted by Gasteiger charge is -2.14. The Balaban J connectivity index is 1.98. The summed E-state index contributed by atoms with van der Waals surface area (Å²) in [6, 6.07) is 17.5. The number of ether oxygens (including phenoxy) is 1. The SMILES string of the molecule is CC(C)C(C)CC(=O)Cc1cccc(Oc2ccccc2)c1. The van der Waals surface area contributed by atoms with E-state index in [4.69, 9.17) is 4.74 Å². The van der Waals surface area contributed by atoms with Crippen molar-refractivity contribution in [3.8, 4) is 11.5 Å². The second-order valence-corrected chi connectivity index (χ2v) is 6.20. The summed E-state index contributed by atoms with van der Waals surface area (Å²) in [4.78, 5) is 12.2. The second kappa shape index (κ2) is 7.79. The lowest BCUT2D eigenvalue weighted by molar-refractivity contribution is -0.119. The zero-order valence-corrected chi connectivity index (χ0v) is 13.6. The van der Waals surface area contributed by atoms with Crippen molar-refractivity contribution in [3.05, 3.63) is 60.2 Å². The lowest BCUT2D eigenvalue weighted by Crippen LogP contribution is -2.12. The Morgan fingerprint density at radius 3 is 2.32 bits per heavy atom. The van der Waals surface area contributed by atoms with Crippen molar-refractivity contribution in [1.82, 2.24) is 0 Å². The molecule has 2 heteroatoms. The molecule has 1 unspecified atom stereocenters. The van der Waals surface area contributed by atoms with E-state index in [0.29, 0.717) is 24.7 Å². The van der Waals surface area contributed by atoms with Crippen LogP contribution in [0, 0.1) is 11.8 Å². The summed E-state index contributed by atoms with van der Waals surface area (Å²) >= 11 is 0. The molecule has 0 aliphatic carbocycles. The molecule has 0 heterocycles. The molecule has 0 saturated heterocycles. The predicted octanol–water partition coefficient (Wildman–Crippen LogP) is 5.27. The summed E-state index contributed by atoms with van der Waals surface area (Å²) < 4.78 is 5.81. The average molecular weight is 296 g/mol. The summed E-state index contributed by atoms with van der Waals surface area (Å²) in [5, 5.41) is 0. The van der Waals surface area contributed by atoms with Gasteiger partial charge in [-0.3, -0.25) is 4.79 Å². The van der Waals surface area contributed by atoms with E-state index in [0.717, 1.165) is 17.1 Å². The number of carbonyl (C=O) groups excluding carboxylic acids is 1. The van der Waals surface area contributed by atoms with Crippen LogP contribution in [0.1, 0.15) is 32.8 Å². The molecule has 2 nitrogen and oxygen atoms in total. The molecule has 0 spiro atoms. The Labute approximate surface area is 133 Å². The quantitative estimate of drug-likeness (QED) is 0.695. The maximum Gasteiger partial charge on any atom is 0.137 e. The van der Waals surface area contributed by atoms with Crippen molar-refractivity contribution in [1.29, 1.82) is 0 Å². The van der Waals surface area contributed by atoms with Crippen LogP contribution in [0.4, 0.5) is 0 Å². The Hall–Kier alpha value is -2.09. The molecule has 0 radical (unpaired) electrons. The smallest absolute Gasteiger partial charge is 0.137 e. The van der Waals surface area contributed by atoms with Gasteiger partial charge in [0, 0.05) is 12.8 Å². The molecular weight excluding hydrogens is 272 g/mol. The largest absolute Gasteiger partial charge is 0.457 e. The average Bonchev–Trinajstić information content (AvgIpc) is 2.48. The Bertz CT molecular complexity index is 602. The van der Waals surface area contributed by atoms with E-state index in [9.17, 15) is 4.79 Å². The number of benzene rings is 2. The Morgan fingerprint density at radius 2 is 1.64 bits per heavy atom. The molecule has 0 aromatic heterocycles. The van der Waals surface area contributed by atoms with Gasteiger partial charge in [0.25, 0.3) is 0 Å². The number of para-hydroxylation sites is 1. The zero-order valence-electron chi connectivity index (χ0n) is 13.6. The van der Waals surface area contributed by atoms with Gasteiger partial charge in [-0.05, 0) is 41.7 Å². The zero-order chi connectivity index (χ0) is 15.9. The fourth-order valence-electron chi connectivity index (χ4n) is 2.24. The molecule has 0 N–H and O–H groups in total. The summed E-state index contributed by atoms with van der Waals surface area (Å²) in [5.41, 5.74) is 1.01. The predicted molar refractivity (Wildman–Crippen MR) is 90.3 cm³/mol. The van der Waals surface area contributed by atoms with Gasteiger partial charge < -0.3 is 4.74 Å². The van der Waals surface area contributed by atoms with Gasteiger partial charge in [-0.2, -0.15) is 0 Å². The summed E-state index contributed by atoms with van der Waals surface area (Å²) in [6.45, 7) is 6.45. The normalized spacial score (nSPS) is 12.2. The van der Waals surface area contributed by atoms with Crippen LogP contribution in [0.2, 0.25) is 0 Å². The molecule has 116 valence electrons. The van der Waals surface area contributed by atoms with Crippen molar-refractivity contribution in [2.24, 2.45) is 11.8 Å². The minimum atomic E-state index is 0.290. The maximum atomic E-state index is 12.2. The molecule has 1 atom stereocenters. The van der Waals surface area contributed by atoms with Crippen molar-refractivity contribution in [3.63, 3.8) is 0 Å². The minimum Gasteiger partial charge on any atom is -0.457 e. The van der Waals surface area contributed by atoms with Gasteiger partial charge in [0.05, 0.1) is 0 Å². The van der Waals surface area contributed by atoms with Gasteiger partial charge in [0.2, 0.25) is 0 Å². The van der Waals surface area contributed by atoms with Crippen LogP contribution in [0.15, 0.2) is 54.6 Å². The van der Waals surface area contributed by atoms with Gasteiger partial charge in [-0.15, -0.1) is 0 Å². The van der Waals surface area contributed by atoms with Crippen molar-refractivity contribution in [2.75, 3.05) is 0 Å². The van der Waals surface area contributed by atoms with Crippen molar-refractivity contribution < 1.29 is 9.53 Å². The highest BCUT2D eigenvalue weighted by Gasteiger charge is 2.13. The van der Waals surface area contributed by atoms with E-state index in [1.807, 2.05) is 54.6 Å². The first-order chi connectivity index (χ1) is 10.5. The highest BCUT2D eigenvalue weighted by Crippen LogP contribution is 2.23. The number of Topliss-reactive ketones (excluding diaryl/α,β-unsaturated/α-hetero) is 1. The molecular formula is C20H24O2. The lowest BCUT2D eigenvalue weighted by atomic mass is 9.91. The molecule has 2 rings (SSSR count). The summed E-state index contributed by atoms with van der Waals surface area (Å²) in [7, 11) is 0. The second-order valence-electron chi connectivity index (χ2n) is 6.20. The third-order valence-electron chi connectivity index (χ3n) is 3.97. The van der Waals surface area contributed by atoms with Crippen LogP contribution in [0.3, 0.4) is 0 Å². The van der Waals surface area contributed by atoms with Gasteiger partial charge in [0.15, 0.2) is 0 Å². The number of hydrogen-bond acceptors (Lipinski definition) is 2. The first kappa shape index (κ1) is 16.3. The van der Waals surface area contributed by atoms with Gasteiger partial charge >= 0.3 is 0 Å². The van der Waals surface area contributed by atoms with E-state index in [1.54, 1.807) is 0 Å². The highest BCUT2D eigenvalue weighted by molar-refractivity contribution is 5.81. The number of hydrogen-bond donors (Lipinski definition) is 0. The van der Waals surface area contributed by atoms with Crippen LogP contribution in [-0.2, 0) is 11.2 Å². The van der Waals surface area contributed by atoms with Crippen LogP contribution in [0.25, 0.3) is 0 Å². The molecule has 22 heavy (non-hydrogen) atoms. The topological polar surface area (TPSA) is 26.3 Å². The van der Waals surface area contributed by atoms with Crippen molar-refractivity contribution >= 4 is 5.78 Å². The van der Waals surface area contributed by atoms with Crippen LogP contribution >= 0.6 is 0 Å². The Kier molecular flexibility index (Phi) is 5.76. The first-order valence-electron chi connectivity index (χ1n) is 7.88. The fraction of sp³-hybridized carbons (Fsp3) is 0.350. The van der Waals surface area contributed by atoms with E-state index in [2.05, 4.69) is 20.8 Å². The maximum absolute atomic E-state index is 12.2. The molecule has 0 saturated carbocycles. The van der Waals surface area contributed by atoms with E-state index < -0.39 is 0 Å². The molecule has 2 aromatic carbocycles. The minimum absolute atomic E-state index is 0.290. The van der Waals surface area contributed by atoms with Crippen LogP contribution in [-0.4, -0.2) is 5.78 Å². The molecule has 0 fully saturated rings. The highest BCUT2D eigenvalue weighted by atomic mass is 16.5. The van der Waals surface area contributed by atoms with E-state index in [-0.39, 0.29) is 5.78 Å². The van der Waals surface area contributed by atoms with E-state index in [1.165, 1.54) is 0 Å². The molecule has 2 aromatic rings. The monoisotopic (exact) mass is 296 g/mol. The standard InChI is InChI=1S/C20H24O2/c1-15(2)16(3)12-18(21)13-17-8-7-11-20(14-17)22-19-9-5-4-6-10-19/h4-11,14-16H,12-13H2,1-3H3. The summed E-state index contributed by atoms with van der Waals surface area (Å²) in [6.07, 6.45) is 1.12. The van der Waals surface area contributed by atoms with Crippen LogP contribution in [0.5, 0.6) is 11.5 Å². The van der Waals surface area contributed by atoms with Crippen LogP contribution < -0.4 is 4.74 Å². The summed E-state index contributed by atoms with van der Waals surface area (Å²) in [5.74, 6) is 2.83. The molecule has 0 aliphatic heterocycles. The fourth-order valence-corrected chi connectivity index (χ4v) is 2.24. The first-order valence-corrected chi connectivity index (χ1v) is 7.88. The van der Waals surface area contributed by atoms with Crippen molar-refractivity contribution in [2.45, 2.75) is 33.6 Å². The number of ketones is 1. The van der Waals surface area contributed by atoms with E-state index >= 15 is 0 Å². The molecule has 0 amide bonds. The van der Waals surface area contributed by atoms with Gasteiger partial charge in [-0.25, -0.2) is 0 Å². The Morgan fingerprint density at radius 1 is 0.955 bits per heavy atom. The number of carbonyl (C=O) groups is 1. The third-order valence-corrected chi connectivity index (χ3v) is 3.97. The number of rotatable bonds is 7. The van der Waals surface area contributed by atoms with Gasteiger partial charge in [0.1, 0.15) is 17.3 Å².